The molecule has 2 rings (SSSR count). The molecule has 0 bridgehead atoms. The minimum Gasteiger partial charge on any atom is -0.396 e. The van der Waals surface area contributed by atoms with Crippen LogP contribution in [0.1, 0.15) is 35.7 Å². The van der Waals surface area contributed by atoms with Crippen LogP contribution in [0.15, 0.2) is 24.3 Å². The van der Waals surface area contributed by atoms with E-state index in [0.717, 1.165) is 43.5 Å². The molecule has 1 aliphatic heterocycles. The number of carbonyl (C=O) groups excluding carboxylic acids is 1. The SMILES string of the molecule is CCc1ccccc1C(=O)N1CCC(CO)CC1. The van der Waals surface area contributed by atoms with E-state index in [1.54, 1.807) is 0 Å². The van der Waals surface area contributed by atoms with Crippen molar-refractivity contribution in [2.45, 2.75) is 26.2 Å². The molecular weight excluding hydrogens is 226 g/mol. The number of rotatable bonds is 3. The summed E-state index contributed by atoms with van der Waals surface area (Å²) in [7, 11) is 0. The Hall–Kier alpha value is -1.35. The first-order valence-electron chi connectivity index (χ1n) is 6.74. The Morgan fingerprint density at radius 3 is 2.61 bits per heavy atom. The van der Waals surface area contributed by atoms with E-state index in [0.29, 0.717) is 5.92 Å². The van der Waals surface area contributed by atoms with E-state index in [-0.39, 0.29) is 12.5 Å². The van der Waals surface area contributed by atoms with Crippen molar-refractivity contribution in [3.8, 4) is 0 Å². The number of carbonyl (C=O) groups is 1. The molecule has 1 heterocycles. The van der Waals surface area contributed by atoms with Crippen LogP contribution in [0.4, 0.5) is 0 Å². The van der Waals surface area contributed by atoms with E-state index >= 15 is 0 Å². The maximum atomic E-state index is 12.4. The lowest BCUT2D eigenvalue weighted by molar-refractivity contribution is 0.0650. The van der Waals surface area contributed by atoms with Gasteiger partial charge in [0.1, 0.15) is 0 Å². The van der Waals surface area contributed by atoms with Crippen LogP contribution >= 0.6 is 0 Å². The fraction of sp³-hybridized carbons (Fsp3) is 0.533. The number of hydrogen-bond acceptors (Lipinski definition) is 2. The second kappa shape index (κ2) is 6.01. The molecule has 0 saturated carbocycles. The van der Waals surface area contributed by atoms with Gasteiger partial charge in [-0.05, 0) is 36.8 Å². The maximum absolute atomic E-state index is 12.4. The van der Waals surface area contributed by atoms with Gasteiger partial charge in [0.05, 0.1) is 0 Å². The summed E-state index contributed by atoms with van der Waals surface area (Å²) in [5, 5.41) is 9.11. The largest absolute Gasteiger partial charge is 0.396 e. The third-order valence-electron chi connectivity index (χ3n) is 3.79. The number of amides is 1. The number of benzene rings is 1. The molecule has 1 amide bonds. The number of piperidine rings is 1. The van der Waals surface area contributed by atoms with Gasteiger partial charge in [-0.2, -0.15) is 0 Å². The van der Waals surface area contributed by atoms with Gasteiger partial charge in [-0.3, -0.25) is 4.79 Å². The Bertz CT molecular complexity index is 409. The van der Waals surface area contributed by atoms with Gasteiger partial charge in [-0.25, -0.2) is 0 Å². The average Bonchev–Trinajstić information content (AvgIpc) is 2.46. The summed E-state index contributed by atoms with van der Waals surface area (Å²) in [6.07, 6.45) is 2.71. The van der Waals surface area contributed by atoms with Crippen LogP contribution < -0.4 is 0 Å². The van der Waals surface area contributed by atoms with Crippen molar-refractivity contribution in [2.75, 3.05) is 19.7 Å². The third kappa shape index (κ3) is 2.72. The summed E-state index contributed by atoms with van der Waals surface area (Å²) in [4.78, 5) is 14.4. The summed E-state index contributed by atoms with van der Waals surface area (Å²) in [6.45, 7) is 3.85. The maximum Gasteiger partial charge on any atom is 0.254 e. The van der Waals surface area contributed by atoms with Gasteiger partial charge < -0.3 is 10.0 Å². The predicted octanol–water partition coefficient (Wildman–Crippen LogP) is 2.09. The highest BCUT2D eigenvalue weighted by Gasteiger charge is 2.24. The van der Waals surface area contributed by atoms with Crippen molar-refractivity contribution in [3.63, 3.8) is 0 Å². The Morgan fingerprint density at radius 1 is 1.33 bits per heavy atom. The third-order valence-corrected chi connectivity index (χ3v) is 3.79. The minimum absolute atomic E-state index is 0.142. The van der Waals surface area contributed by atoms with Crippen LogP contribution in [0.25, 0.3) is 0 Å². The molecule has 0 unspecified atom stereocenters. The Balaban J connectivity index is 2.08. The molecule has 98 valence electrons. The van der Waals surface area contributed by atoms with Gasteiger partial charge in [0.2, 0.25) is 0 Å². The van der Waals surface area contributed by atoms with Crippen LogP contribution in [-0.4, -0.2) is 35.6 Å². The monoisotopic (exact) mass is 247 g/mol. The van der Waals surface area contributed by atoms with E-state index in [1.807, 2.05) is 29.2 Å². The van der Waals surface area contributed by atoms with Gasteiger partial charge >= 0.3 is 0 Å². The molecule has 0 spiro atoms. The number of likely N-dealkylation sites (tertiary alicyclic amines) is 1. The first kappa shape index (κ1) is 13.1. The lowest BCUT2D eigenvalue weighted by Crippen LogP contribution is -2.39. The molecule has 1 aliphatic rings. The zero-order valence-corrected chi connectivity index (χ0v) is 10.9. The summed E-state index contributed by atoms with van der Waals surface area (Å²) in [6, 6.07) is 7.84. The summed E-state index contributed by atoms with van der Waals surface area (Å²) in [5.74, 6) is 0.513. The number of nitrogens with zero attached hydrogens (tertiary/aromatic N) is 1. The highest BCUT2D eigenvalue weighted by molar-refractivity contribution is 5.95. The highest BCUT2D eigenvalue weighted by atomic mass is 16.3. The number of hydrogen-bond donors (Lipinski definition) is 1. The predicted molar refractivity (Wildman–Crippen MR) is 71.5 cm³/mol. The molecule has 1 aromatic rings. The molecule has 1 N–H and O–H groups in total. The number of aryl methyl sites for hydroxylation is 1. The second-order valence-corrected chi connectivity index (χ2v) is 4.93. The zero-order valence-electron chi connectivity index (χ0n) is 10.9. The molecule has 18 heavy (non-hydrogen) atoms. The molecule has 0 atom stereocenters. The fourth-order valence-electron chi connectivity index (χ4n) is 2.53. The smallest absolute Gasteiger partial charge is 0.254 e. The molecule has 1 saturated heterocycles. The molecule has 0 radical (unpaired) electrons. The quantitative estimate of drug-likeness (QED) is 0.888. The lowest BCUT2D eigenvalue weighted by Gasteiger charge is -2.31. The second-order valence-electron chi connectivity index (χ2n) is 4.93. The Labute approximate surface area is 108 Å². The summed E-state index contributed by atoms with van der Waals surface area (Å²) >= 11 is 0. The van der Waals surface area contributed by atoms with Crippen molar-refractivity contribution in [2.24, 2.45) is 5.92 Å². The first-order chi connectivity index (χ1) is 8.76. The normalized spacial score (nSPS) is 16.9. The minimum atomic E-state index is 0.142. The zero-order chi connectivity index (χ0) is 13.0. The fourth-order valence-corrected chi connectivity index (χ4v) is 2.53. The average molecular weight is 247 g/mol. The summed E-state index contributed by atoms with van der Waals surface area (Å²) < 4.78 is 0. The first-order valence-corrected chi connectivity index (χ1v) is 6.74. The topological polar surface area (TPSA) is 40.5 Å². The van der Waals surface area contributed by atoms with Crippen molar-refractivity contribution >= 4 is 5.91 Å². The van der Waals surface area contributed by atoms with E-state index in [2.05, 4.69) is 6.92 Å². The van der Waals surface area contributed by atoms with Crippen molar-refractivity contribution in [1.82, 2.24) is 4.90 Å². The van der Waals surface area contributed by atoms with Crippen LogP contribution in [-0.2, 0) is 6.42 Å². The number of aliphatic hydroxyl groups is 1. The van der Waals surface area contributed by atoms with Gasteiger partial charge in [0, 0.05) is 25.3 Å². The Kier molecular flexibility index (Phi) is 4.37. The molecule has 1 fully saturated rings. The molecule has 0 aromatic heterocycles. The standard InChI is InChI=1S/C15H21NO2/c1-2-13-5-3-4-6-14(13)15(18)16-9-7-12(11-17)8-10-16/h3-6,12,17H,2,7-11H2,1H3. The molecule has 1 aromatic carbocycles. The van der Waals surface area contributed by atoms with Crippen LogP contribution in [0, 0.1) is 5.92 Å². The van der Waals surface area contributed by atoms with Gasteiger partial charge in [0.25, 0.3) is 5.91 Å². The van der Waals surface area contributed by atoms with E-state index in [4.69, 9.17) is 5.11 Å². The van der Waals surface area contributed by atoms with E-state index in [1.165, 1.54) is 0 Å². The van der Waals surface area contributed by atoms with Crippen LogP contribution in [0.5, 0.6) is 0 Å². The van der Waals surface area contributed by atoms with Crippen molar-refractivity contribution < 1.29 is 9.90 Å². The van der Waals surface area contributed by atoms with Gasteiger partial charge in [-0.15, -0.1) is 0 Å². The van der Waals surface area contributed by atoms with Gasteiger partial charge in [0.15, 0.2) is 0 Å². The molecule has 3 heteroatoms. The number of aliphatic hydroxyl groups excluding tert-OH is 1. The van der Waals surface area contributed by atoms with Crippen molar-refractivity contribution in [3.05, 3.63) is 35.4 Å². The van der Waals surface area contributed by atoms with Crippen molar-refractivity contribution in [1.29, 1.82) is 0 Å². The van der Waals surface area contributed by atoms with Crippen LogP contribution in [0.3, 0.4) is 0 Å². The summed E-state index contributed by atoms with van der Waals surface area (Å²) in [5.41, 5.74) is 1.95. The Morgan fingerprint density at radius 2 is 2.00 bits per heavy atom. The lowest BCUT2D eigenvalue weighted by atomic mass is 9.96. The van der Waals surface area contributed by atoms with E-state index in [9.17, 15) is 4.79 Å². The molecule has 3 nitrogen and oxygen atoms in total. The molecular formula is C15H21NO2. The van der Waals surface area contributed by atoms with Gasteiger partial charge in [-0.1, -0.05) is 25.1 Å². The highest BCUT2D eigenvalue weighted by Crippen LogP contribution is 2.20. The van der Waals surface area contributed by atoms with Crippen LogP contribution in [0.2, 0.25) is 0 Å². The van der Waals surface area contributed by atoms with E-state index < -0.39 is 0 Å². The molecule has 0 aliphatic carbocycles.